The number of phenols is 1. The number of nitrogens with two attached hydrogens (primary N) is 1. The molecule has 7 nitrogen and oxygen atoms in total. The normalized spacial score (nSPS) is 11.8. The second-order valence-corrected chi connectivity index (χ2v) is 5.73. The van der Waals surface area contributed by atoms with E-state index in [9.17, 15) is 14.7 Å². The van der Waals surface area contributed by atoms with Crippen LogP contribution in [0.3, 0.4) is 0 Å². The molecular formula is C18H28N2O5. The molecule has 7 heteroatoms. The zero-order chi connectivity index (χ0) is 18.7. The molecule has 1 rings (SSSR count). The minimum Gasteiger partial charge on any atom is -0.504 e. The molecule has 0 fully saturated rings. The highest BCUT2D eigenvalue weighted by atomic mass is 16.5. The molecule has 25 heavy (non-hydrogen) atoms. The fraction of sp³-hybridized carbons (Fsp3) is 0.556. The monoisotopic (exact) mass is 352 g/mol. The zero-order valence-corrected chi connectivity index (χ0v) is 14.9. The molecule has 0 bridgehead atoms. The van der Waals surface area contributed by atoms with Gasteiger partial charge in [0.15, 0.2) is 11.5 Å². The molecule has 0 heterocycles. The van der Waals surface area contributed by atoms with Gasteiger partial charge < -0.3 is 25.6 Å². The molecule has 0 aliphatic rings. The first kappa shape index (κ1) is 20.9. The molecule has 0 aromatic heterocycles. The van der Waals surface area contributed by atoms with Gasteiger partial charge in [0, 0.05) is 6.42 Å². The smallest absolute Gasteiger partial charge is 0.323 e. The number of aromatic hydroxyl groups is 1. The minimum absolute atomic E-state index is 0.0947. The van der Waals surface area contributed by atoms with Gasteiger partial charge in [-0.05, 0) is 50.6 Å². The van der Waals surface area contributed by atoms with Gasteiger partial charge in [0.05, 0.1) is 6.61 Å². The average molecular weight is 352 g/mol. The summed E-state index contributed by atoms with van der Waals surface area (Å²) in [6.07, 6.45) is 2.87. The third-order valence-corrected chi connectivity index (χ3v) is 3.65. The highest BCUT2D eigenvalue weighted by Gasteiger charge is 2.19. The third kappa shape index (κ3) is 7.53. The molecule has 1 atom stereocenters. The van der Waals surface area contributed by atoms with Crippen molar-refractivity contribution in [2.24, 2.45) is 5.73 Å². The summed E-state index contributed by atoms with van der Waals surface area (Å²) in [4.78, 5) is 23.6. The van der Waals surface area contributed by atoms with E-state index in [1.54, 1.807) is 13.1 Å². The molecule has 1 aromatic carbocycles. The number of hydrogen-bond donors (Lipinski definition) is 3. The molecule has 0 aliphatic carbocycles. The van der Waals surface area contributed by atoms with Gasteiger partial charge in [0.1, 0.15) is 6.04 Å². The van der Waals surface area contributed by atoms with Crippen molar-refractivity contribution in [3.8, 4) is 11.5 Å². The maximum absolute atomic E-state index is 12.0. The summed E-state index contributed by atoms with van der Waals surface area (Å²) in [6.45, 7) is 2.83. The van der Waals surface area contributed by atoms with Crippen molar-refractivity contribution < 1.29 is 24.2 Å². The molecule has 0 saturated heterocycles. The Kier molecular flexibility index (Phi) is 9.57. The van der Waals surface area contributed by atoms with Crippen LogP contribution < -0.4 is 15.8 Å². The maximum atomic E-state index is 12.0. The van der Waals surface area contributed by atoms with Crippen LogP contribution >= 0.6 is 0 Å². The topological polar surface area (TPSA) is 111 Å². The van der Waals surface area contributed by atoms with Crippen molar-refractivity contribution >= 4 is 11.9 Å². The highest BCUT2D eigenvalue weighted by Crippen LogP contribution is 2.27. The zero-order valence-electron chi connectivity index (χ0n) is 14.9. The number of carbonyl (C=O) groups excluding carboxylic acids is 2. The lowest BCUT2D eigenvalue weighted by molar-refractivity contribution is -0.146. The summed E-state index contributed by atoms with van der Waals surface area (Å²) in [5.41, 5.74) is 6.07. The number of benzene rings is 1. The van der Waals surface area contributed by atoms with Crippen molar-refractivity contribution in [2.75, 3.05) is 20.2 Å². The van der Waals surface area contributed by atoms with Crippen molar-refractivity contribution in [1.29, 1.82) is 0 Å². The number of carbonyl (C=O) groups is 2. The fourth-order valence-corrected chi connectivity index (χ4v) is 2.15. The van der Waals surface area contributed by atoms with E-state index < -0.39 is 12.0 Å². The molecule has 0 spiro atoms. The number of rotatable bonds is 11. The highest BCUT2D eigenvalue weighted by molar-refractivity contribution is 5.76. The van der Waals surface area contributed by atoms with E-state index in [0.717, 1.165) is 18.4 Å². The Hall–Kier alpha value is -2.12. The summed E-state index contributed by atoms with van der Waals surface area (Å²) >= 11 is 0. The second-order valence-electron chi connectivity index (χ2n) is 5.73. The number of phenolic OH excluding ortho intramolecular Hbond substituents is 1. The molecule has 4 N–H and O–H groups in total. The van der Waals surface area contributed by atoms with Crippen LogP contribution in [0.15, 0.2) is 18.2 Å². The quantitative estimate of drug-likeness (QED) is 0.314. The van der Waals surface area contributed by atoms with E-state index in [0.29, 0.717) is 26.0 Å². The number of esters is 2. The first-order valence-electron chi connectivity index (χ1n) is 8.58. The predicted molar refractivity (Wildman–Crippen MR) is 94.4 cm³/mol. The van der Waals surface area contributed by atoms with Crippen LogP contribution in [-0.2, 0) is 20.7 Å². The SMILES string of the molecule is CCCCOC(=O)[C@H](Cc1ccc(OC(=O)CCCN)c(O)c1)NC. The van der Waals surface area contributed by atoms with Gasteiger partial charge in [-0.15, -0.1) is 0 Å². The van der Waals surface area contributed by atoms with Gasteiger partial charge in [0.25, 0.3) is 0 Å². The lowest BCUT2D eigenvalue weighted by Gasteiger charge is -2.16. The summed E-state index contributed by atoms with van der Waals surface area (Å²) in [6, 6.07) is 4.19. The first-order valence-corrected chi connectivity index (χ1v) is 8.58. The second kappa shape index (κ2) is 11.4. The molecule has 1 aromatic rings. The van der Waals surface area contributed by atoms with Crippen molar-refractivity contribution in [3.05, 3.63) is 23.8 Å². The van der Waals surface area contributed by atoms with E-state index in [-0.39, 0.29) is 23.9 Å². The van der Waals surface area contributed by atoms with E-state index in [1.807, 2.05) is 6.92 Å². The van der Waals surface area contributed by atoms with Crippen LogP contribution in [0.4, 0.5) is 0 Å². The van der Waals surface area contributed by atoms with E-state index >= 15 is 0 Å². The number of likely N-dealkylation sites (N-methyl/N-ethyl adjacent to an activating group) is 1. The van der Waals surface area contributed by atoms with Gasteiger partial charge in [-0.25, -0.2) is 0 Å². The Labute approximate surface area is 148 Å². The molecule has 0 saturated carbocycles. The summed E-state index contributed by atoms with van der Waals surface area (Å²) in [7, 11) is 1.68. The number of nitrogens with one attached hydrogen (secondary N) is 1. The largest absolute Gasteiger partial charge is 0.504 e. The number of unbranched alkanes of at least 4 members (excludes halogenated alkanes) is 1. The number of ether oxygens (including phenoxy) is 2. The van der Waals surface area contributed by atoms with Crippen LogP contribution in [0.1, 0.15) is 38.2 Å². The van der Waals surface area contributed by atoms with Gasteiger partial charge >= 0.3 is 11.9 Å². The predicted octanol–water partition coefficient (Wildman–Crippen LogP) is 1.51. The molecular weight excluding hydrogens is 324 g/mol. The Morgan fingerprint density at radius 2 is 2.08 bits per heavy atom. The maximum Gasteiger partial charge on any atom is 0.323 e. The van der Waals surface area contributed by atoms with Gasteiger partial charge in [-0.3, -0.25) is 9.59 Å². The van der Waals surface area contributed by atoms with Gasteiger partial charge in [-0.1, -0.05) is 19.4 Å². The molecule has 0 unspecified atom stereocenters. The Balaban J connectivity index is 2.65. The Morgan fingerprint density at radius 1 is 1.32 bits per heavy atom. The van der Waals surface area contributed by atoms with Crippen molar-refractivity contribution in [2.45, 2.75) is 45.1 Å². The average Bonchev–Trinajstić information content (AvgIpc) is 2.60. The fourth-order valence-electron chi connectivity index (χ4n) is 2.15. The Morgan fingerprint density at radius 3 is 2.68 bits per heavy atom. The van der Waals surface area contributed by atoms with E-state index in [4.69, 9.17) is 15.2 Å². The van der Waals surface area contributed by atoms with Gasteiger partial charge in [0.2, 0.25) is 0 Å². The minimum atomic E-state index is -0.505. The summed E-state index contributed by atoms with van der Waals surface area (Å²) < 4.78 is 10.3. The summed E-state index contributed by atoms with van der Waals surface area (Å²) in [5.74, 6) is -0.820. The van der Waals surface area contributed by atoms with Gasteiger partial charge in [-0.2, -0.15) is 0 Å². The number of hydrogen-bond acceptors (Lipinski definition) is 7. The standard InChI is InChI=1S/C18H28N2O5/c1-3-4-10-24-18(23)14(20-2)11-13-7-8-16(15(21)12-13)25-17(22)6-5-9-19/h7-8,12,14,20-21H,3-6,9-11,19H2,1-2H3/t14-/m0/s1. The van der Waals surface area contributed by atoms with Crippen LogP contribution in [0.5, 0.6) is 11.5 Å². The molecule has 0 aliphatic heterocycles. The molecule has 0 radical (unpaired) electrons. The third-order valence-electron chi connectivity index (χ3n) is 3.65. The van der Waals surface area contributed by atoms with Crippen LogP contribution in [-0.4, -0.2) is 43.3 Å². The Bertz CT molecular complexity index is 562. The van der Waals surface area contributed by atoms with Crippen LogP contribution in [0.2, 0.25) is 0 Å². The van der Waals surface area contributed by atoms with Crippen LogP contribution in [0, 0.1) is 0 Å². The summed E-state index contributed by atoms with van der Waals surface area (Å²) in [5, 5.41) is 12.9. The molecule has 0 amide bonds. The lowest BCUT2D eigenvalue weighted by Crippen LogP contribution is -2.37. The van der Waals surface area contributed by atoms with Crippen molar-refractivity contribution in [3.63, 3.8) is 0 Å². The first-order chi connectivity index (χ1) is 12.0. The van der Waals surface area contributed by atoms with E-state index in [2.05, 4.69) is 5.32 Å². The van der Waals surface area contributed by atoms with E-state index in [1.165, 1.54) is 12.1 Å². The van der Waals surface area contributed by atoms with Crippen LogP contribution in [0.25, 0.3) is 0 Å². The lowest BCUT2D eigenvalue weighted by atomic mass is 10.1. The van der Waals surface area contributed by atoms with Crippen molar-refractivity contribution in [1.82, 2.24) is 5.32 Å². The molecule has 140 valence electrons.